The average molecular weight is 207 g/mol. The van der Waals surface area contributed by atoms with Crippen LogP contribution >= 0.6 is 0 Å². The van der Waals surface area contributed by atoms with Crippen LogP contribution in [-0.4, -0.2) is 16.1 Å². The van der Waals surface area contributed by atoms with Crippen molar-refractivity contribution in [3.8, 4) is 0 Å². The van der Waals surface area contributed by atoms with Gasteiger partial charge in [0.05, 0.1) is 0 Å². The van der Waals surface area contributed by atoms with Crippen LogP contribution in [0, 0.1) is 11.8 Å². The summed E-state index contributed by atoms with van der Waals surface area (Å²) in [6.07, 6.45) is 10.3. The monoisotopic (exact) mass is 207 g/mol. The highest BCUT2D eigenvalue weighted by atomic mass is 15.0. The Balaban J connectivity index is 1.85. The highest BCUT2D eigenvalue weighted by Gasteiger charge is 2.25. The minimum Gasteiger partial charge on any atom is -0.338 e. The highest BCUT2D eigenvalue weighted by molar-refractivity contribution is 4.92. The predicted octanol–water partition coefficient (Wildman–Crippen LogP) is 1.73. The first-order valence-electron chi connectivity index (χ1n) is 5.97. The molecule has 0 aliphatic heterocycles. The first kappa shape index (κ1) is 10.7. The largest absolute Gasteiger partial charge is 0.338 e. The van der Waals surface area contributed by atoms with Crippen LogP contribution in [0.3, 0.4) is 0 Å². The summed E-state index contributed by atoms with van der Waals surface area (Å²) in [6, 6.07) is 0. The van der Waals surface area contributed by atoms with Crippen LogP contribution in [-0.2, 0) is 13.5 Å². The van der Waals surface area contributed by atoms with E-state index in [4.69, 9.17) is 5.73 Å². The van der Waals surface area contributed by atoms with Gasteiger partial charge in [0.2, 0.25) is 0 Å². The molecule has 1 aromatic heterocycles. The van der Waals surface area contributed by atoms with E-state index < -0.39 is 0 Å². The molecule has 0 saturated heterocycles. The smallest absolute Gasteiger partial charge is 0.108 e. The van der Waals surface area contributed by atoms with E-state index in [1.807, 2.05) is 12.4 Å². The summed E-state index contributed by atoms with van der Waals surface area (Å²) in [5.41, 5.74) is 5.78. The van der Waals surface area contributed by atoms with Gasteiger partial charge in [0.1, 0.15) is 5.82 Å². The van der Waals surface area contributed by atoms with Crippen LogP contribution in [0.15, 0.2) is 12.4 Å². The van der Waals surface area contributed by atoms with Gasteiger partial charge in [0.15, 0.2) is 0 Å². The van der Waals surface area contributed by atoms with Crippen LogP contribution in [0.4, 0.5) is 0 Å². The molecule has 2 unspecified atom stereocenters. The van der Waals surface area contributed by atoms with Gasteiger partial charge in [-0.3, -0.25) is 0 Å². The van der Waals surface area contributed by atoms with Gasteiger partial charge in [-0.1, -0.05) is 12.8 Å². The van der Waals surface area contributed by atoms with Crippen LogP contribution in [0.1, 0.15) is 31.5 Å². The first-order chi connectivity index (χ1) is 7.31. The van der Waals surface area contributed by atoms with Crippen LogP contribution < -0.4 is 5.73 Å². The molecule has 2 rings (SSSR count). The zero-order valence-corrected chi connectivity index (χ0v) is 9.52. The molecule has 3 nitrogen and oxygen atoms in total. The Morgan fingerprint density at radius 2 is 2.27 bits per heavy atom. The summed E-state index contributed by atoms with van der Waals surface area (Å²) in [4.78, 5) is 4.36. The standard InChI is InChI=1S/C12H21N3/c1-15-8-7-14-12(15)6-5-10-3-2-4-11(10)9-13/h7-8,10-11H,2-6,9,13H2,1H3. The molecule has 1 aromatic rings. The van der Waals surface area contributed by atoms with Gasteiger partial charge >= 0.3 is 0 Å². The third-order valence-electron chi connectivity index (χ3n) is 3.78. The number of aromatic nitrogens is 2. The Hall–Kier alpha value is -0.830. The normalized spacial score (nSPS) is 26.0. The molecule has 1 fully saturated rings. The van der Waals surface area contributed by atoms with Gasteiger partial charge < -0.3 is 10.3 Å². The fourth-order valence-electron chi connectivity index (χ4n) is 2.76. The number of nitrogens with zero attached hydrogens (tertiary/aromatic N) is 2. The third kappa shape index (κ3) is 2.40. The molecular formula is C12H21N3. The lowest BCUT2D eigenvalue weighted by Crippen LogP contribution is -2.19. The van der Waals surface area contributed by atoms with Crippen LogP contribution in [0.5, 0.6) is 0 Å². The van der Waals surface area contributed by atoms with Crippen molar-refractivity contribution in [1.29, 1.82) is 0 Å². The van der Waals surface area contributed by atoms with E-state index in [0.29, 0.717) is 0 Å². The number of rotatable bonds is 4. The number of hydrogen-bond donors (Lipinski definition) is 1. The van der Waals surface area contributed by atoms with Crippen molar-refractivity contribution in [2.24, 2.45) is 24.6 Å². The topological polar surface area (TPSA) is 43.8 Å². The fourth-order valence-corrected chi connectivity index (χ4v) is 2.76. The Morgan fingerprint density at radius 1 is 1.47 bits per heavy atom. The number of imidazole rings is 1. The lowest BCUT2D eigenvalue weighted by molar-refractivity contribution is 0.369. The summed E-state index contributed by atoms with van der Waals surface area (Å²) in [5.74, 6) is 2.81. The average Bonchev–Trinajstić information content (AvgIpc) is 2.83. The Kier molecular flexibility index (Phi) is 3.41. The third-order valence-corrected chi connectivity index (χ3v) is 3.78. The molecule has 0 bridgehead atoms. The van der Waals surface area contributed by atoms with E-state index >= 15 is 0 Å². The molecule has 15 heavy (non-hydrogen) atoms. The molecule has 0 amide bonds. The quantitative estimate of drug-likeness (QED) is 0.817. The van der Waals surface area contributed by atoms with E-state index in [0.717, 1.165) is 24.8 Å². The molecule has 2 atom stereocenters. The molecule has 0 spiro atoms. The van der Waals surface area contributed by atoms with Crippen molar-refractivity contribution in [2.45, 2.75) is 32.1 Å². The van der Waals surface area contributed by atoms with E-state index in [2.05, 4.69) is 16.6 Å². The second-order valence-electron chi connectivity index (χ2n) is 4.68. The highest BCUT2D eigenvalue weighted by Crippen LogP contribution is 2.33. The van der Waals surface area contributed by atoms with Gasteiger partial charge in [-0.15, -0.1) is 0 Å². The van der Waals surface area contributed by atoms with Crippen molar-refractivity contribution < 1.29 is 0 Å². The predicted molar refractivity (Wildman–Crippen MR) is 61.4 cm³/mol. The molecule has 0 aromatic carbocycles. The molecule has 1 saturated carbocycles. The van der Waals surface area contributed by atoms with E-state index in [9.17, 15) is 0 Å². The van der Waals surface area contributed by atoms with Crippen molar-refractivity contribution >= 4 is 0 Å². The van der Waals surface area contributed by atoms with Gasteiger partial charge in [0.25, 0.3) is 0 Å². The molecule has 1 aliphatic carbocycles. The van der Waals surface area contributed by atoms with Crippen molar-refractivity contribution in [3.63, 3.8) is 0 Å². The number of aryl methyl sites for hydroxylation is 2. The molecular weight excluding hydrogens is 186 g/mol. The maximum Gasteiger partial charge on any atom is 0.108 e. The maximum absolute atomic E-state index is 5.78. The lowest BCUT2D eigenvalue weighted by atomic mass is 9.91. The molecule has 1 heterocycles. The summed E-state index contributed by atoms with van der Waals surface area (Å²) in [6.45, 7) is 0.866. The molecule has 0 radical (unpaired) electrons. The number of hydrogen-bond acceptors (Lipinski definition) is 2. The Labute approximate surface area is 91.7 Å². The van der Waals surface area contributed by atoms with E-state index in [-0.39, 0.29) is 0 Å². The van der Waals surface area contributed by atoms with Crippen LogP contribution in [0.2, 0.25) is 0 Å². The summed E-state index contributed by atoms with van der Waals surface area (Å²) in [5, 5.41) is 0. The van der Waals surface area contributed by atoms with Crippen LogP contribution in [0.25, 0.3) is 0 Å². The second-order valence-corrected chi connectivity index (χ2v) is 4.68. The lowest BCUT2D eigenvalue weighted by Gasteiger charge is -2.17. The Morgan fingerprint density at radius 3 is 2.93 bits per heavy atom. The van der Waals surface area contributed by atoms with E-state index in [1.165, 1.54) is 31.5 Å². The van der Waals surface area contributed by atoms with Crippen molar-refractivity contribution in [2.75, 3.05) is 6.54 Å². The molecule has 3 heteroatoms. The molecule has 1 aliphatic rings. The van der Waals surface area contributed by atoms with Crippen molar-refractivity contribution in [1.82, 2.24) is 9.55 Å². The van der Waals surface area contributed by atoms with E-state index in [1.54, 1.807) is 0 Å². The summed E-state index contributed by atoms with van der Waals surface area (Å²) < 4.78 is 2.12. The molecule has 84 valence electrons. The minimum absolute atomic E-state index is 0.769. The van der Waals surface area contributed by atoms with Gasteiger partial charge in [0, 0.05) is 25.9 Å². The van der Waals surface area contributed by atoms with Crippen molar-refractivity contribution in [3.05, 3.63) is 18.2 Å². The van der Waals surface area contributed by atoms with Gasteiger partial charge in [-0.05, 0) is 31.2 Å². The fraction of sp³-hybridized carbons (Fsp3) is 0.750. The van der Waals surface area contributed by atoms with Gasteiger partial charge in [-0.2, -0.15) is 0 Å². The minimum atomic E-state index is 0.769. The summed E-state index contributed by atoms with van der Waals surface area (Å²) >= 11 is 0. The second kappa shape index (κ2) is 4.79. The SMILES string of the molecule is Cn1ccnc1CCC1CCCC1CN. The zero-order valence-electron chi connectivity index (χ0n) is 9.52. The molecule has 2 N–H and O–H groups in total. The maximum atomic E-state index is 5.78. The Bertz CT molecular complexity index is 306. The first-order valence-corrected chi connectivity index (χ1v) is 5.97. The zero-order chi connectivity index (χ0) is 10.7. The summed E-state index contributed by atoms with van der Waals surface area (Å²) in [7, 11) is 2.07. The number of nitrogens with two attached hydrogens (primary N) is 1. The van der Waals surface area contributed by atoms with Gasteiger partial charge in [-0.25, -0.2) is 4.98 Å².